The van der Waals surface area contributed by atoms with E-state index < -0.39 is 0 Å². The highest BCUT2D eigenvalue weighted by Crippen LogP contribution is 2.33. The zero-order chi connectivity index (χ0) is 17.1. The van der Waals surface area contributed by atoms with E-state index >= 15 is 0 Å². The Balaban J connectivity index is 1.39. The fraction of sp³-hybridized carbons (Fsp3) is 0.167. The Hall–Kier alpha value is -1.83. The first-order valence-electron chi connectivity index (χ1n) is 7.76. The highest BCUT2D eigenvalue weighted by atomic mass is 32.2. The molecule has 0 bridgehead atoms. The van der Waals surface area contributed by atoms with Gasteiger partial charge in [-0.25, -0.2) is 0 Å². The summed E-state index contributed by atoms with van der Waals surface area (Å²) in [4.78, 5) is 0. The van der Waals surface area contributed by atoms with Crippen LogP contribution in [-0.2, 0) is 11.5 Å². The molecule has 0 saturated heterocycles. The molecule has 0 aliphatic heterocycles. The van der Waals surface area contributed by atoms with Crippen molar-refractivity contribution in [3.05, 3.63) is 65.5 Å². The third-order valence-electron chi connectivity index (χ3n) is 3.64. The van der Waals surface area contributed by atoms with Crippen LogP contribution in [0.5, 0.6) is 0 Å². The molecule has 4 rings (SSSR count). The van der Waals surface area contributed by atoms with Crippen molar-refractivity contribution < 1.29 is 4.52 Å². The van der Waals surface area contributed by atoms with Gasteiger partial charge in [0.1, 0.15) is 5.76 Å². The standard InChI is InChI=1S/C18H15N3OS3/c1-12-9-15(21-22-12)11-24-18-20-19-17(25-18)23-10-14-7-4-6-13-5-2-3-8-16(13)14/h2-9H,10-11H2,1H3. The lowest BCUT2D eigenvalue weighted by Gasteiger charge is -2.04. The number of aromatic nitrogens is 3. The molecular formula is C18H15N3OS3. The van der Waals surface area contributed by atoms with Gasteiger partial charge in [0.2, 0.25) is 0 Å². The number of hydrogen-bond acceptors (Lipinski definition) is 7. The van der Waals surface area contributed by atoms with Gasteiger partial charge in [-0.3, -0.25) is 0 Å². The molecule has 126 valence electrons. The molecule has 0 fully saturated rings. The van der Waals surface area contributed by atoms with Crippen molar-refractivity contribution in [2.75, 3.05) is 0 Å². The summed E-state index contributed by atoms with van der Waals surface area (Å²) >= 11 is 5.00. The van der Waals surface area contributed by atoms with Crippen LogP contribution in [0.15, 0.2) is 61.7 Å². The molecule has 0 aliphatic rings. The highest BCUT2D eigenvalue weighted by Gasteiger charge is 2.09. The molecule has 0 aliphatic carbocycles. The number of nitrogens with zero attached hydrogens (tertiary/aromatic N) is 3. The number of thioether (sulfide) groups is 2. The highest BCUT2D eigenvalue weighted by molar-refractivity contribution is 8.02. The summed E-state index contributed by atoms with van der Waals surface area (Å²) in [6.45, 7) is 1.90. The molecule has 0 N–H and O–H groups in total. The van der Waals surface area contributed by atoms with Crippen LogP contribution in [0.2, 0.25) is 0 Å². The van der Waals surface area contributed by atoms with Gasteiger partial charge in [0, 0.05) is 17.6 Å². The summed E-state index contributed by atoms with van der Waals surface area (Å²) in [7, 11) is 0. The van der Waals surface area contributed by atoms with Crippen molar-refractivity contribution in [1.29, 1.82) is 0 Å². The van der Waals surface area contributed by atoms with Crippen LogP contribution in [0.1, 0.15) is 17.0 Å². The molecule has 0 amide bonds. The maximum Gasteiger partial charge on any atom is 0.175 e. The molecule has 4 aromatic rings. The largest absolute Gasteiger partial charge is 0.361 e. The fourth-order valence-electron chi connectivity index (χ4n) is 2.49. The summed E-state index contributed by atoms with van der Waals surface area (Å²) < 4.78 is 7.03. The van der Waals surface area contributed by atoms with Crippen LogP contribution in [0.25, 0.3) is 10.8 Å². The van der Waals surface area contributed by atoms with E-state index in [1.807, 2.05) is 13.0 Å². The molecule has 0 spiro atoms. The molecule has 2 aromatic carbocycles. The molecule has 25 heavy (non-hydrogen) atoms. The fourth-order valence-corrected chi connectivity index (χ4v) is 5.40. The van der Waals surface area contributed by atoms with Crippen molar-refractivity contribution >= 4 is 45.6 Å². The van der Waals surface area contributed by atoms with E-state index in [2.05, 4.69) is 57.8 Å². The van der Waals surface area contributed by atoms with Gasteiger partial charge >= 0.3 is 0 Å². The van der Waals surface area contributed by atoms with Crippen LogP contribution in [-0.4, -0.2) is 15.4 Å². The van der Waals surface area contributed by atoms with Gasteiger partial charge in [-0.1, -0.05) is 82.5 Å². The van der Waals surface area contributed by atoms with Gasteiger partial charge in [-0.2, -0.15) is 0 Å². The third kappa shape index (κ3) is 4.05. The Bertz CT molecular complexity index is 991. The smallest absolute Gasteiger partial charge is 0.175 e. The van der Waals surface area contributed by atoms with Crippen molar-refractivity contribution in [3.8, 4) is 0 Å². The van der Waals surface area contributed by atoms with Crippen molar-refractivity contribution in [2.45, 2.75) is 27.1 Å². The topological polar surface area (TPSA) is 51.8 Å². The van der Waals surface area contributed by atoms with Gasteiger partial charge in [0.25, 0.3) is 0 Å². The SMILES string of the molecule is Cc1cc(CSc2nnc(SCc3cccc4ccccc34)s2)no1. The molecule has 0 saturated carbocycles. The monoisotopic (exact) mass is 385 g/mol. The minimum Gasteiger partial charge on any atom is -0.361 e. The number of benzene rings is 2. The van der Waals surface area contributed by atoms with E-state index in [1.165, 1.54) is 16.3 Å². The molecule has 2 heterocycles. The second-order valence-corrected chi connectivity index (χ2v) is 8.90. The van der Waals surface area contributed by atoms with Crippen molar-refractivity contribution in [1.82, 2.24) is 15.4 Å². The number of hydrogen-bond donors (Lipinski definition) is 0. The predicted molar refractivity (Wildman–Crippen MR) is 104 cm³/mol. The minimum absolute atomic E-state index is 0.750. The molecular weight excluding hydrogens is 370 g/mol. The summed E-state index contributed by atoms with van der Waals surface area (Å²) in [5.41, 5.74) is 2.26. The first-order valence-corrected chi connectivity index (χ1v) is 10.5. The van der Waals surface area contributed by atoms with Crippen LogP contribution in [0, 0.1) is 6.92 Å². The molecule has 0 radical (unpaired) electrons. The Kier molecular flexibility index (Phi) is 5.05. The Morgan fingerprint density at radius 1 is 0.960 bits per heavy atom. The Morgan fingerprint density at radius 3 is 2.52 bits per heavy atom. The minimum atomic E-state index is 0.750. The third-order valence-corrected chi connectivity index (χ3v) is 6.91. The lowest BCUT2D eigenvalue weighted by molar-refractivity contribution is 0.393. The van der Waals surface area contributed by atoms with E-state index in [0.29, 0.717) is 0 Å². The van der Waals surface area contributed by atoms with Crippen molar-refractivity contribution in [3.63, 3.8) is 0 Å². The van der Waals surface area contributed by atoms with E-state index in [4.69, 9.17) is 4.52 Å². The molecule has 7 heteroatoms. The van der Waals surface area contributed by atoms with E-state index in [9.17, 15) is 0 Å². The van der Waals surface area contributed by atoms with Crippen LogP contribution < -0.4 is 0 Å². The first-order chi connectivity index (χ1) is 12.3. The van der Waals surface area contributed by atoms with Crippen LogP contribution in [0.3, 0.4) is 0 Å². The Labute approximate surface area is 158 Å². The van der Waals surface area contributed by atoms with Crippen molar-refractivity contribution in [2.24, 2.45) is 0 Å². The second-order valence-electron chi connectivity index (χ2n) is 5.48. The summed E-state index contributed by atoms with van der Waals surface area (Å²) in [5.74, 6) is 2.47. The summed E-state index contributed by atoms with van der Waals surface area (Å²) in [6.07, 6.45) is 0. The number of aryl methyl sites for hydroxylation is 1. The van der Waals surface area contributed by atoms with Gasteiger partial charge in [0.15, 0.2) is 8.68 Å². The van der Waals surface area contributed by atoms with E-state index in [0.717, 1.165) is 31.6 Å². The summed E-state index contributed by atoms with van der Waals surface area (Å²) in [5, 5.41) is 15.1. The lowest BCUT2D eigenvalue weighted by atomic mass is 10.1. The lowest BCUT2D eigenvalue weighted by Crippen LogP contribution is -1.83. The first kappa shape index (κ1) is 16.6. The normalized spacial score (nSPS) is 11.2. The van der Waals surface area contributed by atoms with E-state index in [1.54, 1.807) is 34.9 Å². The predicted octanol–water partition coefficient (Wildman–Crippen LogP) is 5.57. The van der Waals surface area contributed by atoms with E-state index in [-0.39, 0.29) is 0 Å². The number of fused-ring (bicyclic) bond motifs is 1. The average molecular weight is 386 g/mol. The molecule has 0 unspecified atom stereocenters. The zero-order valence-electron chi connectivity index (χ0n) is 13.5. The quantitative estimate of drug-likeness (QED) is 0.404. The zero-order valence-corrected chi connectivity index (χ0v) is 16.0. The number of rotatable bonds is 6. The molecule has 2 aromatic heterocycles. The maximum absolute atomic E-state index is 5.08. The van der Waals surface area contributed by atoms with Crippen LogP contribution >= 0.6 is 34.9 Å². The summed E-state index contributed by atoms with van der Waals surface area (Å²) in [6, 6.07) is 16.9. The van der Waals surface area contributed by atoms with Gasteiger partial charge in [0.05, 0.1) is 5.69 Å². The Morgan fingerprint density at radius 2 is 1.72 bits per heavy atom. The average Bonchev–Trinajstić information content (AvgIpc) is 3.27. The van der Waals surface area contributed by atoms with Crippen LogP contribution in [0.4, 0.5) is 0 Å². The maximum atomic E-state index is 5.08. The van der Waals surface area contributed by atoms with Gasteiger partial charge in [-0.15, -0.1) is 10.2 Å². The molecule has 0 atom stereocenters. The van der Waals surface area contributed by atoms with Gasteiger partial charge in [-0.05, 0) is 23.3 Å². The second kappa shape index (κ2) is 7.59. The van der Waals surface area contributed by atoms with Gasteiger partial charge < -0.3 is 4.52 Å². The molecule has 4 nitrogen and oxygen atoms in total.